The number of halogens is 1. The lowest BCUT2D eigenvalue weighted by Gasteiger charge is -2.06. The number of benzene rings is 1. The van der Waals surface area contributed by atoms with Gasteiger partial charge in [-0.2, -0.15) is 0 Å². The predicted molar refractivity (Wildman–Crippen MR) is 65.3 cm³/mol. The molecule has 0 aliphatic heterocycles. The molecule has 15 heavy (non-hydrogen) atoms. The molecule has 3 nitrogen and oxygen atoms in total. The summed E-state index contributed by atoms with van der Waals surface area (Å²) in [5.41, 5.74) is 7.36. The summed E-state index contributed by atoms with van der Waals surface area (Å²) in [6.07, 6.45) is 0. The number of furan rings is 1. The molecule has 0 aliphatic rings. The standard InChI is InChI=1S/C11H11BrN2O/c1-7-2-5-11(15-7)14-10-4-3-8(12)6-9(10)13/h2-6,14H,13H2,1H3. The number of hydrogen-bond acceptors (Lipinski definition) is 3. The number of nitrogens with two attached hydrogens (primary N) is 1. The van der Waals surface area contributed by atoms with Gasteiger partial charge in [0.2, 0.25) is 0 Å². The first kappa shape index (κ1) is 10.1. The van der Waals surface area contributed by atoms with Gasteiger partial charge in [0.1, 0.15) is 5.76 Å². The molecule has 0 radical (unpaired) electrons. The smallest absolute Gasteiger partial charge is 0.197 e. The summed E-state index contributed by atoms with van der Waals surface area (Å²) in [6, 6.07) is 9.44. The Balaban J connectivity index is 2.24. The summed E-state index contributed by atoms with van der Waals surface area (Å²) in [5, 5.41) is 3.11. The lowest BCUT2D eigenvalue weighted by Crippen LogP contribution is -1.94. The van der Waals surface area contributed by atoms with Crippen molar-refractivity contribution in [3.05, 3.63) is 40.6 Å². The molecule has 1 heterocycles. The number of nitrogen functional groups attached to an aromatic ring is 1. The van der Waals surface area contributed by atoms with Crippen LogP contribution in [0, 0.1) is 6.92 Å². The third-order valence-corrected chi connectivity index (χ3v) is 2.51. The summed E-state index contributed by atoms with van der Waals surface area (Å²) >= 11 is 3.35. The molecule has 1 aromatic carbocycles. The highest BCUT2D eigenvalue weighted by Crippen LogP contribution is 2.26. The van der Waals surface area contributed by atoms with Crippen molar-refractivity contribution in [3.63, 3.8) is 0 Å². The third-order valence-electron chi connectivity index (χ3n) is 2.01. The van der Waals surface area contributed by atoms with Crippen LogP contribution in [0.2, 0.25) is 0 Å². The number of rotatable bonds is 2. The molecule has 3 N–H and O–H groups in total. The first-order valence-corrected chi connectivity index (χ1v) is 5.33. The van der Waals surface area contributed by atoms with Gasteiger partial charge >= 0.3 is 0 Å². The number of aryl methyl sites for hydroxylation is 1. The zero-order valence-electron chi connectivity index (χ0n) is 8.25. The molecule has 2 aromatic rings. The average molecular weight is 267 g/mol. The molecule has 0 saturated heterocycles. The second-order valence-corrected chi connectivity index (χ2v) is 4.18. The Morgan fingerprint density at radius 1 is 1.27 bits per heavy atom. The van der Waals surface area contributed by atoms with Crippen molar-refractivity contribution in [1.29, 1.82) is 0 Å². The highest BCUT2D eigenvalue weighted by atomic mass is 79.9. The van der Waals surface area contributed by atoms with Crippen LogP contribution in [-0.4, -0.2) is 0 Å². The van der Waals surface area contributed by atoms with E-state index in [1.54, 1.807) is 0 Å². The quantitative estimate of drug-likeness (QED) is 0.816. The topological polar surface area (TPSA) is 51.2 Å². The van der Waals surface area contributed by atoms with E-state index in [9.17, 15) is 0 Å². The van der Waals surface area contributed by atoms with Crippen molar-refractivity contribution in [2.45, 2.75) is 6.92 Å². The molecular formula is C11H11BrN2O. The van der Waals surface area contributed by atoms with Crippen molar-refractivity contribution in [2.24, 2.45) is 0 Å². The van der Waals surface area contributed by atoms with Crippen LogP contribution < -0.4 is 11.1 Å². The Morgan fingerprint density at radius 2 is 2.07 bits per heavy atom. The van der Waals surface area contributed by atoms with Crippen LogP contribution in [0.4, 0.5) is 17.3 Å². The Bertz CT molecular complexity index is 479. The van der Waals surface area contributed by atoms with E-state index in [0.29, 0.717) is 11.6 Å². The van der Waals surface area contributed by atoms with Crippen LogP contribution in [0.5, 0.6) is 0 Å². The lowest BCUT2D eigenvalue weighted by atomic mass is 10.3. The van der Waals surface area contributed by atoms with Crippen LogP contribution >= 0.6 is 15.9 Å². The van der Waals surface area contributed by atoms with Gasteiger partial charge in [0.05, 0.1) is 11.4 Å². The van der Waals surface area contributed by atoms with Gasteiger partial charge in [-0.3, -0.25) is 0 Å². The molecular weight excluding hydrogens is 256 g/mol. The van der Waals surface area contributed by atoms with Crippen molar-refractivity contribution in [1.82, 2.24) is 0 Å². The fourth-order valence-electron chi connectivity index (χ4n) is 1.28. The molecule has 0 unspecified atom stereocenters. The van der Waals surface area contributed by atoms with Crippen molar-refractivity contribution < 1.29 is 4.42 Å². The Kier molecular flexibility index (Phi) is 2.68. The monoisotopic (exact) mass is 266 g/mol. The number of anilines is 3. The van der Waals surface area contributed by atoms with Crippen LogP contribution in [0.25, 0.3) is 0 Å². The van der Waals surface area contributed by atoms with E-state index in [4.69, 9.17) is 10.2 Å². The van der Waals surface area contributed by atoms with Gasteiger partial charge in [-0.25, -0.2) is 0 Å². The largest absolute Gasteiger partial charge is 0.446 e. The molecule has 0 spiro atoms. The van der Waals surface area contributed by atoms with Gasteiger partial charge in [-0.1, -0.05) is 15.9 Å². The first-order chi connectivity index (χ1) is 7.15. The zero-order chi connectivity index (χ0) is 10.8. The van der Waals surface area contributed by atoms with E-state index in [2.05, 4.69) is 21.2 Å². The number of hydrogen-bond donors (Lipinski definition) is 2. The second kappa shape index (κ2) is 3.98. The van der Waals surface area contributed by atoms with E-state index in [1.807, 2.05) is 37.3 Å². The van der Waals surface area contributed by atoms with Gasteiger partial charge in [0.15, 0.2) is 5.88 Å². The zero-order valence-corrected chi connectivity index (χ0v) is 9.84. The molecule has 0 saturated carbocycles. The van der Waals surface area contributed by atoms with E-state index in [-0.39, 0.29) is 0 Å². The Hall–Kier alpha value is -1.42. The third kappa shape index (κ3) is 2.33. The second-order valence-electron chi connectivity index (χ2n) is 3.27. The van der Waals surface area contributed by atoms with Crippen molar-refractivity contribution in [3.8, 4) is 0 Å². The average Bonchev–Trinajstić information content (AvgIpc) is 2.56. The minimum Gasteiger partial charge on any atom is -0.446 e. The van der Waals surface area contributed by atoms with Gasteiger partial charge < -0.3 is 15.5 Å². The van der Waals surface area contributed by atoms with Gasteiger partial charge in [-0.05, 0) is 31.2 Å². The number of nitrogens with one attached hydrogen (secondary N) is 1. The molecule has 0 aliphatic carbocycles. The van der Waals surface area contributed by atoms with Gasteiger partial charge in [0.25, 0.3) is 0 Å². The maximum Gasteiger partial charge on any atom is 0.197 e. The van der Waals surface area contributed by atoms with Crippen molar-refractivity contribution in [2.75, 3.05) is 11.1 Å². The van der Waals surface area contributed by atoms with Crippen LogP contribution in [-0.2, 0) is 0 Å². The summed E-state index contributed by atoms with van der Waals surface area (Å²) < 4.78 is 6.35. The fraction of sp³-hybridized carbons (Fsp3) is 0.0909. The minimum atomic E-state index is 0.679. The molecule has 0 bridgehead atoms. The highest BCUT2D eigenvalue weighted by molar-refractivity contribution is 9.10. The van der Waals surface area contributed by atoms with Crippen LogP contribution in [0.3, 0.4) is 0 Å². The normalized spacial score (nSPS) is 10.3. The molecule has 78 valence electrons. The summed E-state index contributed by atoms with van der Waals surface area (Å²) in [5.74, 6) is 1.56. The molecule has 0 amide bonds. The molecule has 4 heteroatoms. The Morgan fingerprint density at radius 3 is 2.67 bits per heavy atom. The van der Waals surface area contributed by atoms with Gasteiger partial charge in [-0.15, -0.1) is 0 Å². The molecule has 0 fully saturated rings. The van der Waals surface area contributed by atoms with E-state index in [1.165, 1.54) is 0 Å². The van der Waals surface area contributed by atoms with Crippen LogP contribution in [0.15, 0.2) is 39.2 Å². The molecule has 0 atom stereocenters. The van der Waals surface area contributed by atoms with Crippen molar-refractivity contribution >= 4 is 33.2 Å². The first-order valence-electron chi connectivity index (χ1n) is 4.53. The lowest BCUT2D eigenvalue weighted by molar-refractivity contribution is 0.551. The SMILES string of the molecule is Cc1ccc(Nc2ccc(Br)cc2N)o1. The predicted octanol–water partition coefficient (Wildman–Crippen LogP) is 3.68. The maximum absolute atomic E-state index is 5.84. The van der Waals surface area contributed by atoms with E-state index < -0.39 is 0 Å². The summed E-state index contributed by atoms with van der Waals surface area (Å²) in [6.45, 7) is 1.90. The van der Waals surface area contributed by atoms with Gasteiger partial charge in [0, 0.05) is 10.5 Å². The maximum atomic E-state index is 5.84. The minimum absolute atomic E-state index is 0.679. The molecule has 2 rings (SSSR count). The summed E-state index contributed by atoms with van der Waals surface area (Å²) in [7, 11) is 0. The fourth-order valence-corrected chi connectivity index (χ4v) is 1.66. The summed E-state index contributed by atoms with van der Waals surface area (Å²) in [4.78, 5) is 0. The van der Waals surface area contributed by atoms with Crippen LogP contribution in [0.1, 0.15) is 5.76 Å². The van der Waals surface area contributed by atoms with E-state index >= 15 is 0 Å². The Labute approximate surface area is 96.4 Å². The highest BCUT2D eigenvalue weighted by Gasteiger charge is 2.02. The molecule has 1 aromatic heterocycles. The van der Waals surface area contributed by atoms with E-state index in [0.717, 1.165) is 15.9 Å².